The van der Waals surface area contributed by atoms with Crippen molar-refractivity contribution in [3.8, 4) is 11.5 Å². The average Bonchev–Trinajstić information content (AvgIpc) is 2.68. The van der Waals surface area contributed by atoms with E-state index in [1.807, 2.05) is 12.1 Å². The third kappa shape index (κ3) is 5.24. The zero-order chi connectivity index (χ0) is 21.9. The topological polar surface area (TPSA) is 42.0 Å². The van der Waals surface area contributed by atoms with Crippen molar-refractivity contribution in [3.05, 3.63) is 59.2 Å². The van der Waals surface area contributed by atoms with Gasteiger partial charge in [0.2, 0.25) is 5.91 Å². The minimum Gasteiger partial charge on any atom is -0.493 e. The molecule has 1 heterocycles. The van der Waals surface area contributed by atoms with E-state index in [9.17, 15) is 18.0 Å². The summed E-state index contributed by atoms with van der Waals surface area (Å²) in [6, 6.07) is 10.6. The number of methoxy groups -OCH3 is 1. The molecular weight excluding hydrogens is 397 g/mol. The predicted molar refractivity (Wildman–Crippen MR) is 106 cm³/mol. The zero-order valence-electron chi connectivity index (χ0n) is 17.2. The molecule has 0 N–H and O–H groups in total. The molecule has 3 rings (SSSR count). The van der Waals surface area contributed by atoms with Crippen molar-refractivity contribution in [2.75, 3.05) is 34.3 Å². The van der Waals surface area contributed by atoms with Crippen LogP contribution in [0.25, 0.3) is 0 Å². The van der Waals surface area contributed by atoms with Gasteiger partial charge in [0.15, 0.2) is 11.5 Å². The number of hydrogen-bond donors (Lipinski definition) is 0. The maximum atomic E-state index is 12.9. The second kappa shape index (κ2) is 8.95. The van der Waals surface area contributed by atoms with Crippen molar-refractivity contribution in [3.63, 3.8) is 0 Å². The summed E-state index contributed by atoms with van der Waals surface area (Å²) in [4.78, 5) is 15.7. The van der Waals surface area contributed by atoms with E-state index < -0.39 is 11.7 Å². The number of likely N-dealkylation sites (tertiary alicyclic amines) is 1. The molecule has 0 unspecified atom stereocenters. The van der Waals surface area contributed by atoms with Crippen LogP contribution in [0.2, 0.25) is 0 Å². The van der Waals surface area contributed by atoms with Crippen LogP contribution in [0, 0.1) is 5.92 Å². The number of rotatable bonds is 7. The van der Waals surface area contributed by atoms with Gasteiger partial charge in [-0.2, -0.15) is 13.2 Å². The first-order valence-corrected chi connectivity index (χ1v) is 9.56. The summed E-state index contributed by atoms with van der Waals surface area (Å²) >= 11 is 0. The number of hydrogen-bond acceptors (Lipinski definition) is 4. The number of amides is 1. The smallest absolute Gasteiger partial charge is 0.416 e. The zero-order valence-corrected chi connectivity index (χ0v) is 17.2. The minimum atomic E-state index is -4.39. The number of ether oxygens (including phenoxy) is 2. The number of nitrogens with zero attached hydrogens (tertiary/aromatic N) is 2. The lowest BCUT2D eigenvalue weighted by Crippen LogP contribution is -2.52. The molecule has 2 aromatic carbocycles. The van der Waals surface area contributed by atoms with E-state index in [1.165, 1.54) is 13.2 Å². The molecule has 0 saturated carbocycles. The van der Waals surface area contributed by atoms with Gasteiger partial charge in [0.1, 0.15) is 6.61 Å². The van der Waals surface area contributed by atoms with Gasteiger partial charge in [-0.25, -0.2) is 0 Å². The van der Waals surface area contributed by atoms with Gasteiger partial charge in [-0.1, -0.05) is 18.2 Å². The Morgan fingerprint density at radius 2 is 1.83 bits per heavy atom. The maximum Gasteiger partial charge on any atom is 0.416 e. The number of benzene rings is 2. The van der Waals surface area contributed by atoms with Gasteiger partial charge in [-0.15, -0.1) is 0 Å². The Balaban J connectivity index is 1.59. The summed E-state index contributed by atoms with van der Waals surface area (Å²) < 4.78 is 49.7. The van der Waals surface area contributed by atoms with Crippen LogP contribution >= 0.6 is 0 Å². The normalized spacial score (nSPS) is 14.9. The predicted octanol–water partition coefficient (Wildman–Crippen LogP) is 3.81. The molecule has 0 spiro atoms. The van der Waals surface area contributed by atoms with Crippen LogP contribution in [0.4, 0.5) is 13.2 Å². The van der Waals surface area contributed by atoms with Crippen molar-refractivity contribution in [1.29, 1.82) is 0 Å². The van der Waals surface area contributed by atoms with E-state index >= 15 is 0 Å². The fourth-order valence-electron chi connectivity index (χ4n) is 3.41. The first-order chi connectivity index (χ1) is 14.2. The van der Waals surface area contributed by atoms with E-state index in [4.69, 9.17) is 9.47 Å². The standard InChI is InChI=1S/C22H25F3N2O3/c1-26(2)21(28)17-12-27(13-17)11-15-7-8-19(20(10-15)29-3)30-14-16-5-4-6-18(9-16)22(23,24)25/h4-10,17H,11-14H2,1-3H3. The molecule has 0 radical (unpaired) electrons. The van der Waals surface area contributed by atoms with Crippen LogP contribution in [0.15, 0.2) is 42.5 Å². The molecule has 1 saturated heterocycles. The van der Waals surface area contributed by atoms with E-state index in [0.29, 0.717) is 36.7 Å². The Kier molecular flexibility index (Phi) is 6.55. The highest BCUT2D eigenvalue weighted by atomic mass is 19.4. The molecule has 5 nitrogen and oxygen atoms in total. The molecule has 0 bridgehead atoms. The maximum absolute atomic E-state index is 12.9. The lowest BCUT2D eigenvalue weighted by atomic mass is 9.98. The van der Waals surface area contributed by atoms with Crippen molar-refractivity contribution in [2.24, 2.45) is 5.92 Å². The summed E-state index contributed by atoms with van der Waals surface area (Å²) in [6.07, 6.45) is -4.39. The van der Waals surface area contributed by atoms with E-state index in [0.717, 1.165) is 17.7 Å². The number of alkyl halides is 3. The minimum absolute atomic E-state index is 0.0000781. The molecule has 2 aromatic rings. The van der Waals surface area contributed by atoms with Gasteiger partial charge in [0, 0.05) is 33.7 Å². The van der Waals surface area contributed by atoms with Crippen LogP contribution in [0.3, 0.4) is 0 Å². The van der Waals surface area contributed by atoms with Crippen molar-refractivity contribution < 1.29 is 27.4 Å². The average molecular weight is 422 g/mol. The number of carbonyl (C=O) groups is 1. The largest absolute Gasteiger partial charge is 0.493 e. The van der Waals surface area contributed by atoms with Gasteiger partial charge in [0.05, 0.1) is 18.6 Å². The number of halogens is 3. The van der Waals surface area contributed by atoms with Crippen molar-refractivity contribution >= 4 is 5.91 Å². The molecule has 1 aliphatic rings. The summed E-state index contributed by atoms with van der Waals surface area (Å²) in [7, 11) is 5.04. The van der Waals surface area contributed by atoms with Crippen molar-refractivity contribution in [1.82, 2.24) is 9.80 Å². The quantitative estimate of drug-likeness (QED) is 0.681. The van der Waals surface area contributed by atoms with Crippen molar-refractivity contribution in [2.45, 2.75) is 19.3 Å². The van der Waals surface area contributed by atoms with Crippen LogP contribution in [-0.4, -0.2) is 50.0 Å². The summed E-state index contributed by atoms with van der Waals surface area (Å²) in [5.74, 6) is 1.16. The summed E-state index contributed by atoms with van der Waals surface area (Å²) in [5.41, 5.74) is 0.730. The lowest BCUT2D eigenvalue weighted by Gasteiger charge is -2.39. The lowest BCUT2D eigenvalue weighted by molar-refractivity contribution is -0.139. The van der Waals surface area contributed by atoms with Gasteiger partial charge in [-0.05, 0) is 35.4 Å². The fourth-order valence-corrected chi connectivity index (χ4v) is 3.41. The van der Waals surface area contributed by atoms with Crippen LogP contribution in [-0.2, 0) is 24.1 Å². The number of carbonyl (C=O) groups excluding carboxylic acids is 1. The highest BCUT2D eigenvalue weighted by Gasteiger charge is 2.33. The second-order valence-electron chi connectivity index (χ2n) is 7.60. The van der Waals surface area contributed by atoms with Gasteiger partial charge in [-0.3, -0.25) is 9.69 Å². The SMILES string of the molecule is COc1cc(CN2CC(C(=O)N(C)C)C2)ccc1OCc1cccc(C(F)(F)F)c1. The van der Waals surface area contributed by atoms with Crippen LogP contribution in [0.1, 0.15) is 16.7 Å². The Bertz CT molecular complexity index is 893. The molecule has 0 aliphatic carbocycles. The molecular formula is C22H25F3N2O3. The van der Waals surface area contributed by atoms with Gasteiger partial charge in [0.25, 0.3) is 0 Å². The fraction of sp³-hybridized carbons (Fsp3) is 0.409. The Morgan fingerprint density at radius 3 is 2.47 bits per heavy atom. The van der Waals surface area contributed by atoms with E-state index in [-0.39, 0.29) is 18.4 Å². The van der Waals surface area contributed by atoms with E-state index in [2.05, 4.69) is 4.90 Å². The molecule has 162 valence electrons. The van der Waals surface area contributed by atoms with Gasteiger partial charge >= 0.3 is 6.18 Å². The third-order valence-corrected chi connectivity index (χ3v) is 5.03. The molecule has 1 amide bonds. The van der Waals surface area contributed by atoms with E-state index in [1.54, 1.807) is 31.1 Å². The first kappa shape index (κ1) is 22.0. The van der Waals surface area contributed by atoms with Crippen LogP contribution < -0.4 is 9.47 Å². The monoisotopic (exact) mass is 422 g/mol. The molecule has 1 fully saturated rings. The Morgan fingerprint density at radius 1 is 1.10 bits per heavy atom. The molecule has 0 atom stereocenters. The summed E-state index contributed by atoms with van der Waals surface area (Å²) in [6.45, 7) is 2.11. The highest BCUT2D eigenvalue weighted by molar-refractivity contribution is 5.79. The third-order valence-electron chi connectivity index (χ3n) is 5.03. The molecule has 30 heavy (non-hydrogen) atoms. The molecule has 0 aromatic heterocycles. The molecule has 1 aliphatic heterocycles. The van der Waals surface area contributed by atoms with Crippen LogP contribution in [0.5, 0.6) is 11.5 Å². The first-order valence-electron chi connectivity index (χ1n) is 9.56. The highest BCUT2D eigenvalue weighted by Crippen LogP contribution is 2.32. The second-order valence-corrected chi connectivity index (χ2v) is 7.60. The Labute approximate surface area is 174 Å². The molecule has 8 heteroatoms. The van der Waals surface area contributed by atoms with Gasteiger partial charge < -0.3 is 14.4 Å². The Hall–Kier alpha value is -2.74. The summed E-state index contributed by atoms with van der Waals surface area (Å²) in [5, 5.41) is 0.